The number of anilines is 1. The Kier molecular flexibility index (Phi) is 4.66. The molecule has 1 N–H and O–H groups in total. The summed E-state index contributed by atoms with van der Waals surface area (Å²) in [5.74, 6) is 1.80. The van der Waals surface area contributed by atoms with Crippen LogP contribution in [0.5, 0.6) is 17.2 Å². The molecule has 0 radical (unpaired) electrons. The maximum Gasteiger partial charge on any atom is 0.269 e. The van der Waals surface area contributed by atoms with Crippen molar-refractivity contribution < 1.29 is 19.0 Å². The van der Waals surface area contributed by atoms with Crippen molar-refractivity contribution in [3.8, 4) is 17.2 Å². The summed E-state index contributed by atoms with van der Waals surface area (Å²) in [4.78, 5) is 12.3. The highest BCUT2D eigenvalue weighted by atomic mass is 16.6. The first kappa shape index (κ1) is 15.2. The van der Waals surface area contributed by atoms with E-state index in [2.05, 4.69) is 12.2 Å². The molecule has 1 atom stereocenters. The molecule has 0 aromatic heterocycles. The summed E-state index contributed by atoms with van der Waals surface area (Å²) < 4.78 is 16.7. The van der Waals surface area contributed by atoms with Gasteiger partial charge in [0.05, 0.1) is 6.61 Å². The van der Waals surface area contributed by atoms with Crippen molar-refractivity contribution in [2.45, 2.75) is 19.4 Å². The molecule has 3 rings (SSSR count). The standard InChI is InChI=1S/C18H19NO4/c1-2-11-21-14-9-7-13(8-10-14)19-18(20)17-12-22-15-5-3-4-6-16(15)23-17/h3-10,17H,2,11-12H2,1H3,(H,19,20)/t17-/m1/s1. The molecule has 0 spiro atoms. The van der Waals surface area contributed by atoms with Gasteiger partial charge in [0, 0.05) is 5.69 Å². The van der Waals surface area contributed by atoms with Gasteiger partial charge in [0.25, 0.3) is 5.91 Å². The molecule has 1 heterocycles. The van der Waals surface area contributed by atoms with E-state index in [1.54, 1.807) is 18.2 Å². The zero-order valence-electron chi connectivity index (χ0n) is 13.0. The van der Waals surface area contributed by atoms with E-state index in [1.807, 2.05) is 30.3 Å². The molecule has 1 aliphatic rings. The highest BCUT2D eigenvalue weighted by molar-refractivity contribution is 5.94. The van der Waals surface area contributed by atoms with E-state index in [9.17, 15) is 4.79 Å². The molecule has 0 saturated carbocycles. The Morgan fingerprint density at radius 2 is 1.91 bits per heavy atom. The first-order valence-electron chi connectivity index (χ1n) is 7.68. The number of carbonyl (C=O) groups excluding carboxylic acids is 1. The number of para-hydroxylation sites is 2. The molecule has 1 amide bonds. The van der Waals surface area contributed by atoms with Gasteiger partial charge in [-0.1, -0.05) is 19.1 Å². The van der Waals surface area contributed by atoms with Crippen molar-refractivity contribution >= 4 is 11.6 Å². The zero-order chi connectivity index (χ0) is 16.1. The van der Waals surface area contributed by atoms with Crippen molar-refractivity contribution in [3.05, 3.63) is 48.5 Å². The SMILES string of the molecule is CCCOc1ccc(NC(=O)[C@H]2COc3ccccc3O2)cc1. The van der Waals surface area contributed by atoms with Gasteiger partial charge in [-0.2, -0.15) is 0 Å². The number of fused-ring (bicyclic) bond motifs is 1. The van der Waals surface area contributed by atoms with Crippen LogP contribution < -0.4 is 19.5 Å². The summed E-state index contributed by atoms with van der Waals surface area (Å²) in [5, 5.41) is 2.83. The fourth-order valence-electron chi connectivity index (χ4n) is 2.23. The molecule has 120 valence electrons. The maximum absolute atomic E-state index is 12.3. The van der Waals surface area contributed by atoms with Gasteiger partial charge in [-0.15, -0.1) is 0 Å². The minimum Gasteiger partial charge on any atom is -0.494 e. The van der Waals surface area contributed by atoms with Crippen LogP contribution in [0.1, 0.15) is 13.3 Å². The third kappa shape index (κ3) is 3.74. The molecular formula is C18H19NO4. The third-order valence-electron chi connectivity index (χ3n) is 3.40. The molecule has 0 saturated heterocycles. The van der Waals surface area contributed by atoms with Gasteiger partial charge < -0.3 is 19.5 Å². The third-order valence-corrected chi connectivity index (χ3v) is 3.40. The maximum atomic E-state index is 12.3. The summed E-state index contributed by atoms with van der Waals surface area (Å²) >= 11 is 0. The minimum atomic E-state index is -0.666. The molecule has 0 aliphatic carbocycles. The normalized spacial score (nSPS) is 15.8. The van der Waals surface area contributed by atoms with Gasteiger partial charge in [0.1, 0.15) is 12.4 Å². The lowest BCUT2D eigenvalue weighted by molar-refractivity contribution is -0.125. The van der Waals surface area contributed by atoms with Gasteiger partial charge in [0.2, 0.25) is 6.10 Å². The quantitative estimate of drug-likeness (QED) is 0.920. The van der Waals surface area contributed by atoms with Crippen molar-refractivity contribution in [2.24, 2.45) is 0 Å². The first-order valence-corrected chi connectivity index (χ1v) is 7.68. The number of benzene rings is 2. The van der Waals surface area contributed by atoms with Crippen LogP contribution in [0.3, 0.4) is 0 Å². The summed E-state index contributed by atoms with van der Waals surface area (Å²) in [6.07, 6.45) is 0.292. The van der Waals surface area contributed by atoms with Crippen LogP contribution >= 0.6 is 0 Å². The van der Waals surface area contributed by atoms with E-state index >= 15 is 0 Å². The fraction of sp³-hybridized carbons (Fsp3) is 0.278. The number of rotatable bonds is 5. The van der Waals surface area contributed by atoms with E-state index < -0.39 is 6.10 Å². The van der Waals surface area contributed by atoms with Gasteiger partial charge in [0.15, 0.2) is 11.5 Å². The number of hydrogen-bond acceptors (Lipinski definition) is 4. The second-order valence-corrected chi connectivity index (χ2v) is 5.23. The van der Waals surface area contributed by atoms with Crippen LogP contribution in [-0.4, -0.2) is 25.2 Å². The lowest BCUT2D eigenvalue weighted by Gasteiger charge is -2.25. The molecule has 0 fully saturated rings. The second kappa shape index (κ2) is 7.05. The Bertz CT molecular complexity index is 669. The molecule has 5 nitrogen and oxygen atoms in total. The monoisotopic (exact) mass is 313 g/mol. The summed E-state index contributed by atoms with van der Waals surface area (Å²) in [6, 6.07) is 14.6. The van der Waals surface area contributed by atoms with Crippen molar-refractivity contribution in [1.82, 2.24) is 0 Å². The first-order chi connectivity index (χ1) is 11.3. The number of carbonyl (C=O) groups is 1. The minimum absolute atomic E-state index is 0.195. The number of amides is 1. The second-order valence-electron chi connectivity index (χ2n) is 5.23. The van der Waals surface area contributed by atoms with Crippen LogP contribution in [0, 0.1) is 0 Å². The summed E-state index contributed by atoms with van der Waals surface area (Å²) in [6.45, 7) is 2.93. The van der Waals surface area contributed by atoms with Gasteiger partial charge in [-0.25, -0.2) is 0 Å². The molecule has 2 aromatic rings. The average molecular weight is 313 g/mol. The lowest BCUT2D eigenvalue weighted by Crippen LogP contribution is -2.40. The summed E-state index contributed by atoms with van der Waals surface area (Å²) in [7, 11) is 0. The molecular weight excluding hydrogens is 294 g/mol. The molecule has 0 bridgehead atoms. The smallest absolute Gasteiger partial charge is 0.269 e. The molecule has 0 unspecified atom stereocenters. The zero-order valence-corrected chi connectivity index (χ0v) is 13.0. The molecule has 2 aromatic carbocycles. The van der Waals surface area contributed by atoms with Gasteiger partial charge in [-0.3, -0.25) is 4.79 Å². The summed E-state index contributed by atoms with van der Waals surface area (Å²) in [5.41, 5.74) is 0.696. The average Bonchev–Trinajstić information content (AvgIpc) is 2.60. The van der Waals surface area contributed by atoms with E-state index in [0.29, 0.717) is 23.8 Å². The van der Waals surface area contributed by atoms with Crippen LogP contribution in [-0.2, 0) is 4.79 Å². The predicted octanol–water partition coefficient (Wildman–Crippen LogP) is 3.25. The Morgan fingerprint density at radius 1 is 1.17 bits per heavy atom. The van der Waals surface area contributed by atoms with Crippen LogP contribution in [0.25, 0.3) is 0 Å². The Morgan fingerprint density at radius 3 is 2.65 bits per heavy atom. The Labute approximate surface area is 135 Å². The highest BCUT2D eigenvalue weighted by Gasteiger charge is 2.27. The largest absolute Gasteiger partial charge is 0.494 e. The predicted molar refractivity (Wildman–Crippen MR) is 87.2 cm³/mol. The number of hydrogen-bond donors (Lipinski definition) is 1. The van der Waals surface area contributed by atoms with E-state index in [1.165, 1.54) is 0 Å². The lowest BCUT2D eigenvalue weighted by atomic mass is 10.2. The highest BCUT2D eigenvalue weighted by Crippen LogP contribution is 2.31. The topological polar surface area (TPSA) is 56.8 Å². The number of ether oxygens (including phenoxy) is 3. The Balaban J connectivity index is 1.59. The van der Waals surface area contributed by atoms with E-state index in [4.69, 9.17) is 14.2 Å². The van der Waals surface area contributed by atoms with Crippen LogP contribution in [0.2, 0.25) is 0 Å². The van der Waals surface area contributed by atoms with Gasteiger partial charge >= 0.3 is 0 Å². The van der Waals surface area contributed by atoms with Crippen molar-refractivity contribution in [2.75, 3.05) is 18.5 Å². The van der Waals surface area contributed by atoms with Crippen molar-refractivity contribution in [3.63, 3.8) is 0 Å². The van der Waals surface area contributed by atoms with Gasteiger partial charge in [-0.05, 0) is 42.8 Å². The number of nitrogens with one attached hydrogen (secondary N) is 1. The van der Waals surface area contributed by atoms with Crippen molar-refractivity contribution in [1.29, 1.82) is 0 Å². The molecule has 1 aliphatic heterocycles. The molecule has 23 heavy (non-hydrogen) atoms. The molecule has 5 heteroatoms. The van der Waals surface area contributed by atoms with Crippen LogP contribution in [0.15, 0.2) is 48.5 Å². The van der Waals surface area contributed by atoms with E-state index in [-0.39, 0.29) is 12.5 Å². The fourth-order valence-corrected chi connectivity index (χ4v) is 2.23. The van der Waals surface area contributed by atoms with Crippen LogP contribution in [0.4, 0.5) is 5.69 Å². The van der Waals surface area contributed by atoms with E-state index in [0.717, 1.165) is 12.2 Å². The Hall–Kier alpha value is -2.69.